The fourth-order valence-electron chi connectivity index (χ4n) is 1.27. The molecule has 0 spiro atoms. The third-order valence-electron chi connectivity index (χ3n) is 1.99. The second-order valence-corrected chi connectivity index (χ2v) is 2.69. The lowest BCUT2D eigenvalue weighted by Crippen LogP contribution is -1.92. The van der Waals surface area contributed by atoms with Crippen molar-refractivity contribution in [2.24, 2.45) is 0 Å². The van der Waals surface area contributed by atoms with Crippen molar-refractivity contribution >= 4 is 5.52 Å². The van der Waals surface area contributed by atoms with Crippen molar-refractivity contribution < 1.29 is 4.39 Å². The zero-order valence-corrected chi connectivity index (χ0v) is 6.79. The van der Waals surface area contributed by atoms with E-state index < -0.39 is 0 Å². The van der Waals surface area contributed by atoms with Crippen molar-refractivity contribution in [1.29, 1.82) is 0 Å². The number of halogens is 1. The highest BCUT2D eigenvalue weighted by Gasteiger charge is 2.04. The molecule has 62 valence electrons. The van der Waals surface area contributed by atoms with Crippen LogP contribution in [0.1, 0.15) is 12.5 Å². The van der Waals surface area contributed by atoms with Crippen molar-refractivity contribution in [2.75, 3.05) is 0 Å². The van der Waals surface area contributed by atoms with Crippen LogP contribution in [-0.2, 0) is 6.42 Å². The summed E-state index contributed by atoms with van der Waals surface area (Å²) < 4.78 is 15.1. The van der Waals surface area contributed by atoms with E-state index in [-0.39, 0.29) is 5.82 Å². The van der Waals surface area contributed by atoms with Gasteiger partial charge < -0.3 is 4.40 Å². The van der Waals surface area contributed by atoms with E-state index in [0.29, 0.717) is 11.9 Å². The average molecular weight is 164 g/mol. The van der Waals surface area contributed by atoms with Crippen LogP contribution < -0.4 is 0 Å². The standard InChI is InChI=1S/C9H9FN2/c1-2-7-3-4-12-6-11-5-8(12)9(7)10/h3-6H,2H2,1H3. The first-order valence-electron chi connectivity index (χ1n) is 3.92. The largest absolute Gasteiger partial charge is 0.304 e. The predicted molar refractivity (Wildman–Crippen MR) is 44.5 cm³/mol. The molecule has 2 aromatic heterocycles. The summed E-state index contributed by atoms with van der Waals surface area (Å²) >= 11 is 0. The molecular formula is C9H9FN2. The number of imidazole rings is 1. The lowest BCUT2D eigenvalue weighted by molar-refractivity contribution is 0.617. The summed E-state index contributed by atoms with van der Waals surface area (Å²) in [5.41, 5.74) is 1.29. The normalized spacial score (nSPS) is 10.8. The lowest BCUT2D eigenvalue weighted by atomic mass is 10.2. The molecule has 0 atom stereocenters. The average Bonchev–Trinajstić information content (AvgIpc) is 2.53. The van der Waals surface area contributed by atoms with Crippen LogP contribution in [0.4, 0.5) is 4.39 Å². The van der Waals surface area contributed by atoms with Gasteiger partial charge in [0.15, 0.2) is 5.82 Å². The molecule has 3 heteroatoms. The Morgan fingerprint density at radius 1 is 1.58 bits per heavy atom. The predicted octanol–water partition coefficient (Wildman–Crippen LogP) is 2.04. The zero-order valence-electron chi connectivity index (χ0n) is 6.79. The molecular weight excluding hydrogens is 155 g/mol. The Morgan fingerprint density at radius 2 is 2.42 bits per heavy atom. The van der Waals surface area contributed by atoms with Crippen LogP contribution in [0.3, 0.4) is 0 Å². The maximum atomic E-state index is 13.4. The van der Waals surface area contributed by atoms with Gasteiger partial charge in [-0.2, -0.15) is 0 Å². The van der Waals surface area contributed by atoms with Crippen molar-refractivity contribution in [1.82, 2.24) is 9.38 Å². The SMILES string of the molecule is CCc1ccn2cncc2c1F. The molecule has 2 nitrogen and oxygen atoms in total. The third kappa shape index (κ3) is 0.897. The molecule has 0 radical (unpaired) electrons. The molecule has 12 heavy (non-hydrogen) atoms. The van der Waals surface area contributed by atoms with Crippen LogP contribution in [0, 0.1) is 5.82 Å². The number of rotatable bonds is 1. The first kappa shape index (κ1) is 7.28. The number of aryl methyl sites for hydroxylation is 1. The van der Waals surface area contributed by atoms with Gasteiger partial charge in [0.05, 0.1) is 12.5 Å². The number of fused-ring (bicyclic) bond motifs is 1. The van der Waals surface area contributed by atoms with Gasteiger partial charge in [0, 0.05) is 6.20 Å². The van der Waals surface area contributed by atoms with Crippen LogP contribution in [0.25, 0.3) is 5.52 Å². The number of hydrogen-bond acceptors (Lipinski definition) is 1. The fourth-order valence-corrected chi connectivity index (χ4v) is 1.27. The molecule has 0 aromatic carbocycles. The van der Waals surface area contributed by atoms with Crippen molar-refractivity contribution in [3.05, 3.63) is 36.2 Å². The summed E-state index contributed by atoms with van der Waals surface area (Å²) in [5.74, 6) is -0.155. The second-order valence-electron chi connectivity index (χ2n) is 2.69. The van der Waals surface area contributed by atoms with E-state index in [1.165, 1.54) is 6.20 Å². The maximum Gasteiger partial charge on any atom is 0.152 e. The van der Waals surface area contributed by atoms with Gasteiger partial charge in [-0.05, 0) is 18.1 Å². The van der Waals surface area contributed by atoms with E-state index in [2.05, 4.69) is 4.98 Å². The number of hydrogen-bond donors (Lipinski definition) is 0. The molecule has 0 saturated carbocycles. The van der Waals surface area contributed by atoms with Crippen LogP contribution in [0.2, 0.25) is 0 Å². The first-order valence-corrected chi connectivity index (χ1v) is 3.92. The number of nitrogens with zero attached hydrogens (tertiary/aromatic N) is 2. The Labute approximate surface area is 69.7 Å². The Morgan fingerprint density at radius 3 is 3.17 bits per heavy atom. The molecule has 0 aliphatic heterocycles. The summed E-state index contributed by atoms with van der Waals surface area (Å²) in [7, 11) is 0. The lowest BCUT2D eigenvalue weighted by Gasteiger charge is -2.00. The molecule has 0 saturated heterocycles. The van der Waals surface area contributed by atoms with E-state index >= 15 is 0 Å². The van der Waals surface area contributed by atoms with Gasteiger partial charge in [-0.15, -0.1) is 0 Å². The van der Waals surface area contributed by atoms with Crippen LogP contribution in [0.15, 0.2) is 24.8 Å². The van der Waals surface area contributed by atoms with E-state index in [0.717, 1.165) is 5.56 Å². The van der Waals surface area contributed by atoms with Crippen molar-refractivity contribution in [2.45, 2.75) is 13.3 Å². The Kier molecular flexibility index (Phi) is 1.57. The highest BCUT2D eigenvalue weighted by molar-refractivity contribution is 5.48. The fraction of sp³-hybridized carbons (Fsp3) is 0.222. The molecule has 2 rings (SSSR count). The molecule has 0 amide bonds. The Hall–Kier alpha value is -1.38. The molecule has 0 N–H and O–H groups in total. The number of aromatic nitrogens is 2. The quantitative estimate of drug-likeness (QED) is 0.630. The van der Waals surface area contributed by atoms with Crippen molar-refractivity contribution in [3.63, 3.8) is 0 Å². The van der Waals surface area contributed by atoms with E-state index in [9.17, 15) is 4.39 Å². The van der Waals surface area contributed by atoms with Gasteiger partial charge in [-0.1, -0.05) is 6.92 Å². The van der Waals surface area contributed by atoms with E-state index in [1.54, 1.807) is 16.8 Å². The van der Waals surface area contributed by atoms with Gasteiger partial charge in [-0.3, -0.25) is 0 Å². The molecule has 0 aliphatic rings. The minimum absolute atomic E-state index is 0.155. The topological polar surface area (TPSA) is 17.3 Å². The molecule has 0 unspecified atom stereocenters. The Balaban J connectivity index is 2.78. The molecule has 2 heterocycles. The van der Waals surface area contributed by atoms with Gasteiger partial charge in [0.1, 0.15) is 5.52 Å². The molecule has 0 bridgehead atoms. The summed E-state index contributed by atoms with van der Waals surface area (Å²) in [6, 6.07) is 1.78. The molecule has 0 aliphatic carbocycles. The van der Waals surface area contributed by atoms with Crippen molar-refractivity contribution in [3.8, 4) is 0 Å². The monoisotopic (exact) mass is 164 g/mol. The Bertz CT molecular complexity index is 406. The van der Waals surface area contributed by atoms with Gasteiger partial charge >= 0.3 is 0 Å². The summed E-state index contributed by atoms with van der Waals surface area (Å²) in [6.07, 6.45) is 5.67. The van der Waals surface area contributed by atoms with Crippen LogP contribution >= 0.6 is 0 Å². The summed E-state index contributed by atoms with van der Waals surface area (Å²) in [5, 5.41) is 0. The van der Waals surface area contributed by atoms with E-state index in [1.807, 2.05) is 13.1 Å². The second kappa shape index (κ2) is 2.59. The van der Waals surface area contributed by atoms with Gasteiger partial charge in [-0.25, -0.2) is 9.37 Å². The minimum Gasteiger partial charge on any atom is -0.304 e. The third-order valence-corrected chi connectivity index (χ3v) is 1.99. The maximum absolute atomic E-state index is 13.4. The number of pyridine rings is 1. The highest BCUT2D eigenvalue weighted by atomic mass is 19.1. The van der Waals surface area contributed by atoms with E-state index in [4.69, 9.17) is 0 Å². The van der Waals surface area contributed by atoms with Gasteiger partial charge in [0.25, 0.3) is 0 Å². The zero-order chi connectivity index (χ0) is 8.55. The summed E-state index contributed by atoms with van der Waals surface area (Å²) in [6.45, 7) is 1.94. The van der Waals surface area contributed by atoms with Crippen LogP contribution in [0.5, 0.6) is 0 Å². The van der Waals surface area contributed by atoms with Gasteiger partial charge in [0.2, 0.25) is 0 Å². The smallest absolute Gasteiger partial charge is 0.152 e. The summed E-state index contributed by atoms with van der Waals surface area (Å²) in [4.78, 5) is 3.86. The first-order chi connectivity index (χ1) is 5.83. The highest BCUT2D eigenvalue weighted by Crippen LogP contribution is 2.13. The van der Waals surface area contributed by atoms with Crippen LogP contribution in [-0.4, -0.2) is 9.38 Å². The molecule has 0 fully saturated rings. The molecule has 2 aromatic rings. The minimum atomic E-state index is -0.155.